The van der Waals surface area contributed by atoms with Crippen LogP contribution in [0.1, 0.15) is 39.2 Å². The van der Waals surface area contributed by atoms with E-state index in [1.54, 1.807) is 6.07 Å². The summed E-state index contributed by atoms with van der Waals surface area (Å²) in [5, 5.41) is 14.5. The van der Waals surface area contributed by atoms with Crippen molar-refractivity contribution in [3.63, 3.8) is 0 Å². The number of nitrogens with zero attached hydrogens (tertiary/aromatic N) is 1. The molecule has 0 heterocycles. The van der Waals surface area contributed by atoms with Gasteiger partial charge in [0.2, 0.25) is 0 Å². The van der Waals surface area contributed by atoms with Crippen molar-refractivity contribution in [2.45, 2.75) is 46.1 Å². The van der Waals surface area contributed by atoms with Crippen LogP contribution in [-0.4, -0.2) is 24.6 Å². The van der Waals surface area contributed by atoms with Gasteiger partial charge in [0.25, 0.3) is 5.69 Å². The highest BCUT2D eigenvalue weighted by Gasteiger charge is 2.14. The highest BCUT2D eigenvalue weighted by Crippen LogP contribution is 2.24. The van der Waals surface area contributed by atoms with Gasteiger partial charge in [-0.05, 0) is 43.4 Å². The molecule has 1 atom stereocenters. The average molecular weight is 294 g/mol. The number of non-ortho nitro benzene ring substituents is 1. The fraction of sp³-hybridized carbons (Fsp3) is 0.625. The maximum atomic E-state index is 10.9. The molecule has 1 unspecified atom stereocenters. The number of hydrogen-bond acceptors (Lipinski definition) is 4. The molecular formula is C16H26N2O3. The molecule has 0 radical (unpaired) electrons. The lowest BCUT2D eigenvalue weighted by Crippen LogP contribution is -2.34. The van der Waals surface area contributed by atoms with Crippen LogP contribution in [0, 0.1) is 16.0 Å². The van der Waals surface area contributed by atoms with Crippen molar-refractivity contribution >= 4 is 5.69 Å². The molecule has 21 heavy (non-hydrogen) atoms. The number of hydrogen-bond donors (Lipinski definition) is 1. The predicted octanol–water partition coefficient (Wildman–Crippen LogP) is 3.56. The summed E-state index contributed by atoms with van der Waals surface area (Å²) in [6.07, 6.45) is 2.87. The zero-order valence-corrected chi connectivity index (χ0v) is 13.4. The molecule has 1 aromatic carbocycles. The molecule has 0 saturated heterocycles. The van der Waals surface area contributed by atoms with Crippen LogP contribution in [-0.2, 0) is 6.42 Å². The van der Waals surface area contributed by atoms with E-state index in [0.29, 0.717) is 17.7 Å². The number of nitro groups is 1. The molecule has 0 fully saturated rings. The number of nitrogens with one attached hydrogen (secondary N) is 1. The van der Waals surface area contributed by atoms with Gasteiger partial charge in [-0.1, -0.05) is 20.8 Å². The van der Waals surface area contributed by atoms with Gasteiger partial charge in [0, 0.05) is 12.1 Å². The second-order valence-corrected chi connectivity index (χ2v) is 5.64. The molecule has 0 aromatic heterocycles. The van der Waals surface area contributed by atoms with E-state index in [1.807, 2.05) is 6.07 Å². The number of rotatable bonds is 9. The molecule has 0 aliphatic heterocycles. The van der Waals surface area contributed by atoms with E-state index in [-0.39, 0.29) is 10.6 Å². The topological polar surface area (TPSA) is 64.4 Å². The summed E-state index contributed by atoms with van der Waals surface area (Å²) >= 11 is 0. The summed E-state index contributed by atoms with van der Waals surface area (Å²) in [5.74, 6) is 1.08. The Balaban J connectivity index is 2.76. The molecule has 0 spiro atoms. The van der Waals surface area contributed by atoms with E-state index in [2.05, 4.69) is 26.1 Å². The van der Waals surface area contributed by atoms with Crippen molar-refractivity contribution < 1.29 is 9.66 Å². The Morgan fingerprint density at radius 2 is 2.05 bits per heavy atom. The molecule has 0 aliphatic rings. The number of benzene rings is 1. The lowest BCUT2D eigenvalue weighted by atomic mass is 9.96. The van der Waals surface area contributed by atoms with E-state index in [0.717, 1.165) is 31.4 Å². The highest BCUT2D eigenvalue weighted by atomic mass is 16.6. The SMILES string of the molecule is CCCNC(CCc1cc(OC)cc([N+](=O)[O-])c1)C(C)C. The van der Waals surface area contributed by atoms with Crippen molar-refractivity contribution in [2.75, 3.05) is 13.7 Å². The zero-order chi connectivity index (χ0) is 15.8. The van der Waals surface area contributed by atoms with Crippen molar-refractivity contribution in [2.24, 2.45) is 5.92 Å². The summed E-state index contributed by atoms with van der Waals surface area (Å²) in [4.78, 5) is 10.6. The maximum absolute atomic E-state index is 10.9. The second-order valence-electron chi connectivity index (χ2n) is 5.64. The van der Waals surface area contributed by atoms with Gasteiger partial charge in [-0.25, -0.2) is 0 Å². The average Bonchev–Trinajstić information content (AvgIpc) is 2.46. The Morgan fingerprint density at radius 1 is 1.33 bits per heavy atom. The fourth-order valence-electron chi connectivity index (χ4n) is 2.33. The first-order valence-electron chi connectivity index (χ1n) is 7.53. The van der Waals surface area contributed by atoms with Gasteiger partial charge < -0.3 is 10.1 Å². The van der Waals surface area contributed by atoms with E-state index in [9.17, 15) is 10.1 Å². The Morgan fingerprint density at radius 3 is 2.57 bits per heavy atom. The molecule has 0 bridgehead atoms. The minimum absolute atomic E-state index is 0.0898. The van der Waals surface area contributed by atoms with Crippen molar-refractivity contribution in [1.29, 1.82) is 0 Å². The van der Waals surface area contributed by atoms with Gasteiger partial charge >= 0.3 is 0 Å². The summed E-state index contributed by atoms with van der Waals surface area (Å²) < 4.78 is 5.14. The van der Waals surface area contributed by atoms with Gasteiger partial charge in [-0.3, -0.25) is 10.1 Å². The van der Waals surface area contributed by atoms with E-state index >= 15 is 0 Å². The third-order valence-electron chi connectivity index (χ3n) is 3.60. The number of aryl methyl sites for hydroxylation is 1. The Hall–Kier alpha value is -1.62. The largest absolute Gasteiger partial charge is 0.496 e. The van der Waals surface area contributed by atoms with Crippen LogP contribution in [0.15, 0.2) is 18.2 Å². The van der Waals surface area contributed by atoms with Gasteiger partial charge in [-0.2, -0.15) is 0 Å². The Kier molecular flexibility index (Phi) is 7.15. The normalized spacial score (nSPS) is 12.4. The standard InChI is InChI=1S/C16H26N2O3/c1-5-8-17-16(12(2)3)7-6-13-9-14(18(19)20)11-15(10-13)21-4/h9-12,16-17H,5-8H2,1-4H3. The maximum Gasteiger partial charge on any atom is 0.273 e. The molecule has 0 aliphatic carbocycles. The summed E-state index contributed by atoms with van der Waals surface area (Å²) in [7, 11) is 1.53. The van der Waals surface area contributed by atoms with Crippen LogP contribution in [0.25, 0.3) is 0 Å². The summed E-state index contributed by atoms with van der Waals surface area (Å²) in [5.41, 5.74) is 1.04. The number of ether oxygens (including phenoxy) is 1. The van der Waals surface area contributed by atoms with Crippen LogP contribution in [0.3, 0.4) is 0 Å². The number of methoxy groups -OCH3 is 1. The lowest BCUT2D eigenvalue weighted by molar-refractivity contribution is -0.385. The first kappa shape index (κ1) is 17.4. The molecule has 5 nitrogen and oxygen atoms in total. The van der Waals surface area contributed by atoms with Gasteiger partial charge in [0.1, 0.15) is 5.75 Å². The monoisotopic (exact) mass is 294 g/mol. The van der Waals surface area contributed by atoms with Crippen molar-refractivity contribution in [1.82, 2.24) is 5.32 Å². The van der Waals surface area contributed by atoms with Crippen molar-refractivity contribution in [3.05, 3.63) is 33.9 Å². The Labute approximate surface area is 126 Å². The second kappa shape index (κ2) is 8.62. The summed E-state index contributed by atoms with van der Waals surface area (Å²) in [6.45, 7) is 7.54. The first-order chi connectivity index (χ1) is 9.97. The molecule has 1 rings (SSSR count). The van der Waals surface area contributed by atoms with Gasteiger partial charge in [0.15, 0.2) is 0 Å². The minimum Gasteiger partial charge on any atom is -0.496 e. The minimum atomic E-state index is -0.374. The molecule has 5 heteroatoms. The van der Waals surface area contributed by atoms with Gasteiger partial charge in [-0.15, -0.1) is 0 Å². The molecule has 1 aromatic rings. The van der Waals surface area contributed by atoms with E-state index < -0.39 is 0 Å². The molecule has 118 valence electrons. The van der Waals surface area contributed by atoms with E-state index in [1.165, 1.54) is 13.2 Å². The van der Waals surface area contributed by atoms with Crippen LogP contribution >= 0.6 is 0 Å². The van der Waals surface area contributed by atoms with Crippen LogP contribution < -0.4 is 10.1 Å². The first-order valence-corrected chi connectivity index (χ1v) is 7.53. The smallest absolute Gasteiger partial charge is 0.273 e. The van der Waals surface area contributed by atoms with Crippen LogP contribution in [0.2, 0.25) is 0 Å². The molecule has 0 saturated carbocycles. The van der Waals surface area contributed by atoms with Crippen LogP contribution in [0.5, 0.6) is 5.75 Å². The zero-order valence-electron chi connectivity index (χ0n) is 13.4. The van der Waals surface area contributed by atoms with E-state index in [4.69, 9.17) is 4.74 Å². The third-order valence-corrected chi connectivity index (χ3v) is 3.60. The summed E-state index contributed by atoms with van der Waals surface area (Å²) in [6, 6.07) is 5.40. The third kappa shape index (κ3) is 5.71. The van der Waals surface area contributed by atoms with Gasteiger partial charge in [0.05, 0.1) is 18.1 Å². The highest BCUT2D eigenvalue weighted by molar-refractivity contribution is 5.42. The number of nitro benzene ring substituents is 1. The lowest BCUT2D eigenvalue weighted by Gasteiger charge is -2.22. The van der Waals surface area contributed by atoms with Crippen molar-refractivity contribution in [3.8, 4) is 5.75 Å². The van der Waals surface area contributed by atoms with Crippen LogP contribution in [0.4, 0.5) is 5.69 Å². The molecule has 1 N–H and O–H groups in total. The predicted molar refractivity (Wildman–Crippen MR) is 84.9 cm³/mol. The molecular weight excluding hydrogens is 268 g/mol. The molecule has 0 amide bonds. The fourth-order valence-corrected chi connectivity index (χ4v) is 2.33. The Bertz CT molecular complexity index is 461. The quantitative estimate of drug-likeness (QED) is 0.558.